The molecule has 19 heavy (non-hydrogen) atoms. The van der Waals surface area contributed by atoms with Gasteiger partial charge in [0.2, 0.25) is 0 Å². The van der Waals surface area contributed by atoms with Crippen molar-refractivity contribution in [3.05, 3.63) is 45.7 Å². The van der Waals surface area contributed by atoms with E-state index in [1.165, 1.54) is 24.5 Å². The van der Waals surface area contributed by atoms with Crippen LogP contribution in [0.2, 0.25) is 0 Å². The molecular formula is C16H21BrFN. The van der Waals surface area contributed by atoms with Crippen LogP contribution in [-0.4, -0.2) is 6.54 Å². The van der Waals surface area contributed by atoms with Gasteiger partial charge < -0.3 is 5.32 Å². The van der Waals surface area contributed by atoms with Crippen molar-refractivity contribution in [1.29, 1.82) is 0 Å². The summed E-state index contributed by atoms with van der Waals surface area (Å²) in [6.45, 7) is 3.10. The standard InChI is InChI=1S/C16H21BrFN/c1-2-11-19-16(12-7-4-3-5-8-12)13-9-6-10-14(18)15(13)17/h6-7,9-10,16,19H,2-5,8,11H2,1H3. The molecule has 1 unspecified atom stereocenters. The van der Waals surface area contributed by atoms with Crippen molar-refractivity contribution >= 4 is 15.9 Å². The number of hydrogen-bond donors (Lipinski definition) is 1. The van der Waals surface area contributed by atoms with Gasteiger partial charge in [0.05, 0.1) is 10.5 Å². The second-order valence-electron chi connectivity index (χ2n) is 5.06. The smallest absolute Gasteiger partial charge is 0.137 e. The van der Waals surface area contributed by atoms with Crippen LogP contribution in [0.4, 0.5) is 4.39 Å². The Morgan fingerprint density at radius 3 is 2.89 bits per heavy atom. The molecule has 0 saturated carbocycles. The normalized spacial score (nSPS) is 17.1. The minimum atomic E-state index is -0.183. The molecule has 0 saturated heterocycles. The van der Waals surface area contributed by atoms with E-state index in [2.05, 4.69) is 34.2 Å². The highest BCUT2D eigenvalue weighted by atomic mass is 79.9. The summed E-state index contributed by atoms with van der Waals surface area (Å²) in [7, 11) is 0. The summed E-state index contributed by atoms with van der Waals surface area (Å²) < 4.78 is 14.3. The quantitative estimate of drug-likeness (QED) is 0.740. The number of halogens is 2. The fraction of sp³-hybridized carbons (Fsp3) is 0.500. The summed E-state index contributed by atoms with van der Waals surface area (Å²) in [6.07, 6.45) is 8.18. The Labute approximate surface area is 123 Å². The molecule has 0 aliphatic heterocycles. The van der Waals surface area contributed by atoms with Crippen LogP contribution in [0.1, 0.15) is 50.6 Å². The van der Waals surface area contributed by atoms with E-state index >= 15 is 0 Å². The molecule has 0 heterocycles. The van der Waals surface area contributed by atoms with E-state index in [4.69, 9.17) is 0 Å². The molecule has 1 atom stereocenters. The first kappa shape index (κ1) is 14.7. The van der Waals surface area contributed by atoms with Crippen molar-refractivity contribution in [3.63, 3.8) is 0 Å². The van der Waals surface area contributed by atoms with Crippen LogP contribution < -0.4 is 5.32 Å². The van der Waals surface area contributed by atoms with Gasteiger partial charge in [0.25, 0.3) is 0 Å². The van der Waals surface area contributed by atoms with Gasteiger partial charge in [-0.25, -0.2) is 4.39 Å². The van der Waals surface area contributed by atoms with Gasteiger partial charge in [0.15, 0.2) is 0 Å². The number of benzene rings is 1. The highest BCUT2D eigenvalue weighted by molar-refractivity contribution is 9.10. The highest BCUT2D eigenvalue weighted by Crippen LogP contribution is 2.34. The molecule has 0 spiro atoms. The van der Waals surface area contributed by atoms with Gasteiger partial charge >= 0.3 is 0 Å². The van der Waals surface area contributed by atoms with E-state index in [1.54, 1.807) is 6.07 Å². The second-order valence-corrected chi connectivity index (χ2v) is 5.85. The predicted octanol–water partition coefficient (Wildman–Crippen LogP) is 5.13. The van der Waals surface area contributed by atoms with Gasteiger partial charge in [-0.15, -0.1) is 0 Å². The maximum absolute atomic E-state index is 13.7. The largest absolute Gasteiger partial charge is 0.306 e. The van der Waals surface area contributed by atoms with E-state index in [0.29, 0.717) is 4.47 Å². The first-order valence-electron chi connectivity index (χ1n) is 7.10. The van der Waals surface area contributed by atoms with Crippen molar-refractivity contribution < 1.29 is 4.39 Å². The first-order chi connectivity index (χ1) is 9.24. The Hall–Kier alpha value is -0.670. The Morgan fingerprint density at radius 2 is 2.21 bits per heavy atom. The van der Waals surface area contributed by atoms with Crippen LogP contribution in [0.15, 0.2) is 34.3 Å². The SMILES string of the molecule is CCCNC(C1=CCCCC1)c1cccc(F)c1Br. The van der Waals surface area contributed by atoms with E-state index in [-0.39, 0.29) is 11.9 Å². The number of nitrogens with one attached hydrogen (secondary N) is 1. The van der Waals surface area contributed by atoms with E-state index in [9.17, 15) is 4.39 Å². The fourth-order valence-corrected chi connectivity index (χ4v) is 3.09. The average molecular weight is 326 g/mol. The lowest BCUT2D eigenvalue weighted by molar-refractivity contribution is 0.539. The van der Waals surface area contributed by atoms with Crippen molar-refractivity contribution in [2.75, 3.05) is 6.54 Å². The zero-order valence-corrected chi connectivity index (χ0v) is 13.0. The molecular weight excluding hydrogens is 305 g/mol. The molecule has 1 aromatic carbocycles. The molecule has 1 N–H and O–H groups in total. The maximum Gasteiger partial charge on any atom is 0.137 e. The van der Waals surface area contributed by atoms with Crippen LogP contribution in [0, 0.1) is 5.82 Å². The van der Waals surface area contributed by atoms with Crippen LogP contribution in [-0.2, 0) is 0 Å². The lowest BCUT2D eigenvalue weighted by atomic mass is 9.89. The molecule has 1 aliphatic carbocycles. The van der Waals surface area contributed by atoms with Crippen LogP contribution in [0.3, 0.4) is 0 Å². The summed E-state index contributed by atoms with van der Waals surface area (Å²) in [6, 6.07) is 5.44. The summed E-state index contributed by atoms with van der Waals surface area (Å²) in [5.41, 5.74) is 2.42. The van der Waals surface area contributed by atoms with E-state index in [0.717, 1.165) is 31.4 Å². The third kappa shape index (κ3) is 3.67. The third-order valence-electron chi connectivity index (χ3n) is 3.59. The topological polar surface area (TPSA) is 12.0 Å². The molecule has 0 bridgehead atoms. The van der Waals surface area contributed by atoms with Gasteiger partial charge in [-0.1, -0.05) is 30.7 Å². The van der Waals surface area contributed by atoms with Crippen LogP contribution >= 0.6 is 15.9 Å². The lowest BCUT2D eigenvalue weighted by Crippen LogP contribution is -2.25. The average Bonchev–Trinajstić information content (AvgIpc) is 2.45. The van der Waals surface area contributed by atoms with Gasteiger partial charge in [-0.2, -0.15) is 0 Å². The molecule has 2 rings (SSSR count). The molecule has 0 radical (unpaired) electrons. The summed E-state index contributed by atoms with van der Waals surface area (Å²) in [5.74, 6) is -0.183. The first-order valence-corrected chi connectivity index (χ1v) is 7.89. The summed E-state index contributed by atoms with van der Waals surface area (Å²) >= 11 is 3.40. The van der Waals surface area contributed by atoms with Gasteiger partial charge in [0, 0.05) is 0 Å². The Kier molecular flexibility index (Phi) is 5.59. The van der Waals surface area contributed by atoms with Crippen LogP contribution in [0.5, 0.6) is 0 Å². The minimum absolute atomic E-state index is 0.144. The molecule has 1 aliphatic rings. The molecule has 0 aromatic heterocycles. The van der Waals surface area contributed by atoms with Crippen molar-refractivity contribution in [1.82, 2.24) is 5.32 Å². The van der Waals surface area contributed by atoms with Crippen LogP contribution in [0.25, 0.3) is 0 Å². The molecule has 0 fully saturated rings. The minimum Gasteiger partial charge on any atom is -0.306 e. The van der Waals surface area contributed by atoms with E-state index < -0.39 is 0 Å². The maximum atomic E-state index is 13.7. The zero-order valence-electron chi connectivity index (χ0n) is 11.4. The Bertz CT molecular complexity index is 456. The van der Waals surface area contributed by atoms with Gasteiger partial charge in [0.1, 0.15) is 5.82 Å². The third-order valence-corrected chi connectivity index (χ3v) is 4.42. The molecule has 3 heteroatoms. The summed E-state index contributed by atoms with van der Waals surface area (Å²) in [4.78, 5) is 0. The fourth-order valence-electron chi connectivity index (χ4n) is 2.60. The van der Waals surface area contributed by atoms with Crippen molar-refractivity contribution in [2.45, 2.75) is 45.1 Å². The Balaban J connectivity index is 2.30. The van der Waals surface area contributed by atoms with Gasteiger partial charge in [-0.05, 0) is 66.2 Å². The second kappa shape index (κ2) is 7.20. The molecule has 1 nitrogen and oxygen atoms in total. The number of rotatable bonds is 5. The zero-order chi connectivity index (χ0) is 13.7. The molecule has 104 valence electrons. The predicted molar refractivity (Wildman–Crippen MR) is 81.7 cm³/mol. The van der Waals surface area contributed by atoms with Gasteiger partial charge in [-0.3, -0.25) is 0 Å². The Morgan fingerprint density at radius 1 is 1.37 bits per heavy atom. The summed E-state index contributed by atoms with van der Waals surface area (Å²) in [5, 5.41) is 3.56. The van der Waals surface area contributed by atoms with E-state index in [1.807, 2.05) is 6.07 Å². The molecule has 1 aromatic rings. The lowest BCUT2D eigenvalue weighted by Gasteiger charge is -2.26. The molecule has 0 amide bonds. The highest BCUT2D eigenvalue weighted by Gasteiger charge is 2.20. The van der Waals surface area contributed by atoms with Crippen molar-refractivity contribution in [2.24, 2.45) is 0 Å². The number of hydrogen-bond acceptors (Lipinski definition) is 1. The van der Waals surface area contributed by atoms with Crippen molar-refractivity contribution in [3.8, 4) is 0 Å². The monoisotopic (exact) mass is 325 g/mol. The number of allylic oxidation sites excluding steroid dienone is 1.